The van der Waals surface area contributed by atoms with Crippen LogP contribution in [-0.2, 0) is 4.74 Å². The molecule has 0 spiro atoms. The Kier molecular flexibility index (Phi) is 6.38. The molecule has 39 heavy (non-hydrogen) atoms. The summed E-state index contributed by atoms with van der Waals surface area (Å²) in [5.74, 6) is 1.52. The van der Waals surface area contributed by atoms with Gasteiger partial charge in [0.1, 0.15) is 17.3 Å². The molecule has 6 rings (SSSR count). The SMILES string of the molecule is C=C(c1ccc2[nH]c(C(=O)c3cnn(-c4ccc(Oc5ccccc5)cc4C)c3N)cc2c1)N1CCOCC1. The number of aromatic amines is 1. The van der Waals surface area contributed by atoms with Crippen LogP contribution < -0.4 is 10.5 Å². The van der Waals surface area contributed by atoms with Crippen LogP contribution in [0.2, 0.25) is 0 Å². The predicted molar refractivity (Wildman–Crippen MR) is 152 cm³/mol. The molecule has 0 bridgehead atoms. The first-order chi connectivity index (χ1) is 19.0. The molecule has 0 atom stereocenters. The van der Waals surface area contributed by atoms with Gasteiger partial charge in [0.2, 0.25) is 5.78 Å². The van der Waals surface area contributed by atoms with Gasteiger partial charge in [0.05, 0.1) is 36.4 Å². The number of para-hydroxylation sites is 1. The van der Waals surface area contributed by atoms with Crippen LogP contribution in [0, 0.1) is 6.92 Å². The zero-order chi connectivity index (χ0) is 26.9. The minimum atomic E-state index is -0.217. The molecular weight excluding hydrogens is 490 g/mol. The van der Waals surface area contributed by atoms with E-state index in [1.807, 2.05) is 73.7 Å². The van der Waals surface area contributed by atoms with E-state index in [1.54, 1.807) is 4.68 Å². The summed E-state index contributed by atoms with van der Waals surface area (Å²) in [7, 11) is 0. The number of carbonyl (C=O) groups is 1. The third-order valence-corrected chi connectivity index (χ3v) is 7.02. The van der Waals surface area contributed by atoms with Gasteiger partial charge in [-0.25, -0.2) is 4.68 Å². The van der Waals surface area contributed by atoms with Crippen molar-refractivity contribution in [3.05, 3.63) is 108 Å². The molecule has 8 nitrogen and oxygen atoms in total. The maximum Gasteiger partial charge on any atom is 0.214 e. The van der Waals surface area contributed by atoms with Gasteiger partial charge in [0.25, 0.3) is 0 Å². The van der Waals surface area contributed by atoms with Crippen molar-refractivity contribution in [2.45, 2.75) is 6.92 Å². The number of aryl methyl sites for hydroxylation is 1. The summed E-state index contributed by atoms with van der Waals surface area (Å²) in [6.45, 7) is 9.27. The number of aromatic nitrogens is 3. The molecule has 3 aromatic carbocycles. The second-order valence-corrected chi connectivity index (χ2v) is 9.58. The number of anilines is 1. The number of hydrogen-bond acceptors (Lipinski definition) is 6. The van der Waals surface area contributed by atoms with Gasteiger partial charge in [0.15, 0.2) is 0 Å². The van der Waals surface area contributed by atoms with Crippen LogP contribution >= 0.6 is 0 Å². The van der Waals surface area contributed by atoms with Crippen molar-refractivity contribution < 1.29 is 14.3 Å². The molecule has 1 saturated heterocycles. The van der Waals surface area contributed by atoms with Crippen molar-refractivity contribution in [3.63, 3.8) is 0 Å². The molecule has 0 saturated carbocycles. The highest BCUT2D eigenvalue weighted by molar-refractivity contribution is 6.12. The van der Waals surface area contributed by atoms with Crippen LogP contribution in [0.3, 0.4) is 0 Å². The lowest BCUT2D eigenvalue weighted by Gasteiger charge is -2.30. The number of nitrogens with zero attached hydrogens (tertiary/aromatic N) is 3. The Labute approximate surface area is 226 Å². The second-order valence-electron chi connectivity index (χ2n) is 9.58. The second kappa shape index (κ2) is 10.2. The molecule has 1 fully saturated rings. The van der Waals surface area contributed by atoms with E-state index in [9.17, 15) is 4.79 Å². The first-order valence-corrected chi connectivity index (χ1v) is 12.8. The number of H-pyrrole nitrogens is 1. The molecule has 1 aliphatic rings. The maximum atomic E-state index is 13.5. The fourth-order valence-corrected chi connectivity index (χ4v) is 4.87. The Morgan fingerprint density at radius 1 is 1.03 bits per heavy atom. The standard InChI is InChI=1S/C31H29N5O3/c1-20-16-25(39-24-6-4-3-5-7-24)9-11-29(20)36-31(32)26(19-33-36)30(37)28-18-23-17-22(8-10-27(23)34-28)21(2)35-12-14-38-15-13-35/h3-11,16-19,34H,2,12-15,32H2,1H3. The van der Waals surface area contributed by atoms with Crippen LogP contribution in [-0.4, -0.2) is 51.8 Å². The number of nitrogens with two attached hydrogens (primary N) is 1. The van der Waals surface area contributed by atoms with Crippen molar-refractivity contribution in [2.24, 2.45) is 0 Å². The van der Waals surface area contributed by atoms with Gasteiger partial charge < -0.3 is 25.1 Å². The summed E-state index contributed by atoms with van der Waals surface area (Å²) in [6.07, 6.45) is 1.52. The average molecular weight is 520 g/mol. The number of morpholine rings is 1. The Balaban J connectivity index is 1.24. The summed E-state index contributed by atoms with van der Waals surface area (Å²) < 4.78 is 13.0. The molecule has 1 aliphatic heterocycles. The van der Waals surface area contributed by atoms with Crippen LogP contribution in [0.1, 0.15) is 27.2 Å². The van der Waals surface area contributed by atoms with E-state index >= 15 is 0 Å². The monoisotopic (exact) mass is 519 g/mol. The molecule has 0 amide bonds. The van der Waals surface area contributed by atoms with Gasteiger partial charge in [-0.15, -0.1) is 0 Å². The highest BCUT2D eigenvalue weighted by atomic mass is 16.5. The van der Waals surface area contributed by atoms with Gasteiger partial charge >= 0.3 is 0 Å². The highest BCUT2D eigenvalue weighted by Crippen LogP contribution is 2.29. The van der Waals surface area contributed by atoms with E-state index in [4.69, 9.17) is 15.2 Å². The number of hydrogen-bond donors (Lipinski definition) is 2. The first-order valence-electron chi connectivity index (χ1n) is 12.8. The first kappa shape index (κ1) is 24.5. The van der Waals surface area contributed by atoms with Gasteiger partial charge in [-0.05, 0) is 66.6 Å². The summed E-state index contributed by atoms with van der Waals surface area (Å²) >= 11 is 0. The van der Waals surface area contributed by atoms with E-state index < -0.39 is 0 Å². The zero-order valence-corrected chi connectivity index (χ0v) is 21.7. The molecule has 3 N–H and O–H groups in total. The van der Waals surface area contributed by atoms with Crippen LogP contribution in [0.15, 0.2) is 85.6 Å². The van der Waals surface area contributed by atoms with Crippen LogP contribution in [0.5, 0.6) is 11.5 Å². The minimum absolute atomic E-state index is 0.217. The number of rotatable bonds is 7. The Bertz CT molecular complexity index is 1680. The van der Waals surface area contributed by atoms with Crippen LogP contribution in [0.25, 0.3) is 22.3 Å². The van der Waals surface area contributed by atoms with Crippen molar-refractivity contribution in [1.82, 2.24) is 19.7 Å². The van der Waals surface area contributed by atoms with Gasteiger partial charge in [0, 0.05) is 29.7 Å². The van der Waals surface area contributed by atoms with Crippen molar-refractivity contribution in [2.75, 3.05) is 32.0 Å². The highest BCUT2D eigenvalue weighted by Gasteiger charge is 2.21. The molecular formula is C31H29N5O3. The van der Waals surface area contributed by atoms with E-state index in [1.165, 1.54) is 6.20 Å². The third-order valence-electron chi connectivity index (χ3n) is 7.02. The largest absolute Gasteiger partial charge is 0.457 e. The summed E-state index contributed by atoms with van der Waals surface area (Å²) in [4.78, 5) is 18.9. The number of carbonyl (C=O) groups excluding carboxylic acids is 1. The van der Waals surface area contributed by atoms with Crippen LogP contribution in [0.4, 0.5) is 5.82 Å². The molecule has 0 radical (unpaired) electrons. The van der Waals surface area contributed by atoms with E-state index in [2.05, 4.69) is 27.6 Å². The third kappa shape index (κ3) is 4.78. The molecule has 0 unspecified atom stereocenters. The summed E-state index contributed by atoms with van der Waals surface area (Å²) in [6, 6.07) is 23.2. The molecule has 3 heterocycles. The molecule has 196 valence electrons. The zero-order valence-electron chi connectivity index (χ0n) is 21.7. The quantitative estimate of drug-likeness (QED) is 0.273. The van der Waals surface area contributed by atoms with Crippen molar-refractivity contribution in [3.8, 4) is 17.2 Å². The lowest BCUT2D eigenvalue weighted by molar-refractivity contribution is 0.0641. The number of benzene rings is 3. The van der Waals surface area contributed by atoms with E-state index in [0.29, 0.717) is 30.2 Å². The van der Waals surface area contributed by atoms with Crippen molar-refractivity contribution >= 4 is 28.2 Å². The fraction of sp³-hybridized carbons (Fsp3) is 0.161. The maximum absolute atomic E-state index is 13.5. The fourth-order valence-electron chi connectivity index (χ4n) is 4.87. The Morgan fingerprint density at radius 3 is 2.59 bits per heavy atom. The van der Waals surface area contributed by atoms with Gasteiger partial charge in [-0.1, -0.05) is 30.8 Å². The Hall–Kier alpha value is -4.82. The number of nitrogens with one attached hydrogen (secondary N) is 1. The lowest BCUT2D eigenvalue weighted by Crippen LogP contribution is -2.34. The van der Waals surface area contributed by atoms with E-state index in [0.717, 1.165) is 52.3 Å². The number of fused-ring (bicyclic) bond motifs is 1. The van der Waals surface area contributed by atoms with Gasteiger partial charge in [-0.2, -0.15) is 5.10 Å². The van der Waals surface area contributed by atoms with Crippen molar-refractivity contribution in [1.29, 1.82) is 0 Å². The number of ketones is 1. The lowest BCUT2D eigenvalue weighted by atomic mass is 10.1. The predicted octanol–water partition coefficient (Wildman–Crippen LogP) is 5.57. The number of nitrogen functional groups attached to an aromatic ring is 1. The Morgan fingerprint density at radius 2 is 1.82 bits per heavy atom. The smallest absolute Gasteiger partial charge is 0.214 e. The molecule has 5 aromatic rings. The van der Waals surface area contributed by atoms with E-state index in [-0.39, 0.29) is 11.6 Å². The topological polar surface area (TPSA) is 98.4 Å². The number of ether oxygens (including phenoxy) is 2. The molecule has 2 aromatic heterocycles. The summed E-state index contributed by atoms with van der Waals surface area (Å²) in [5.41, 5.74) is 11.8. The average Bonchev–Trinajstić information content (AvgIpc) is 3.56. The minimum Gasteiger partial charge on any atom is -0.457 e. The normalized spacial score (nSPS) is 13.5. The molecule has 8 heteroatoms. The summed E-state index contributed by atoms with van der Waals surface area (Å²) in [5, 5.41) is 5.37. The van der Waals surface area contributed by atoms with Gasteiger partial charge in [-0.3, -0.25) is 4.79 Å². The molecule has 0 aliphatic carbocycles.